The highest BCUT2D eigenvalue weighted by Crippen LogP contribution is 2.28. The summed E-state index contributed by atoms with van der Waals surface area (Å²) in [7, 11) is -3.72. The highest BCUT2D eigenvalue weighted by atomic mass is 32.2. The van der Waals surface area contributed by atoms with Gasteiger partial charge in [-0.05, 0) is 49.1 Å². The number of aromatic nitrogens is 2. The number of hydrogen-bond donors (Lipinski definition) is 1. The van der Waals surface area contributed by atoms with E-state index in [9.17, 15) is 8.42 Å². The standard InChI is InChI=1S/C17H19N3O2S3/c1-3-20-16-9-8-14(25(18,21)22)10-15(16)19-17(20)24-11-12-4-6-13(23-2)7-5-12/h4-10H,3,11H2,1-2H3,(H2,18,21,22). The predicted octanol–water partition coefficient (Wildman–Crippen LogP) is 3.72. The quantitative estimate of drug-likeness (QED) is 0.646. The van der Waals surface area contributed by atoms with Crippen LogP contribution in [0.15, 0.2) is 57.4 Å². The average molecular weight is 394 g/mol. The summed E-state index contributed by atoms with van der Waals surface area (Å²) in [5, 5.41) is 6.09. The summed E-state index contributed by atoms with van der Waals surface area (Å²) >= 11 is 3.36. The zero-order valence-corrected chi connectivity index (χ0v) is 16.4. The van der Waals surface area contributed by atoms with E-state index in [0.29, 0.717) is 5.52 Å². The third-order valence-corrected chi connectivity index (χ3v) is 6.56. The molecule has 5 nitrogen and oxygen atoms in total. The minimum Gasteiger partial charge on any atom is -0.319 e. The van der Waals surface area contributed by atoms with Crippen LogP contribution in [-0.4, -0.2) is 24.2 Å². The van der Waals surface area contributed by atoms with Gasteiger partial charge in [0.15, 0.2) is 5.16 Å². The lowest BCUT2D eigenvalue weighted by Gasteiger charge is -2.06. The van der Waals surface area contributed by atoms with Crippen molar-refractivity contribution in [2.45, 2.75) is 34.2 Å². The van der Waals surface area contributed by atoms with Crippen LogP contribution in [0.5, 0.6) is 0 Å². The van der Waals surface area contributed by atoms with Gasteiger partial charge in [-0.15, -0.1) is 11.8 Å². The SMILES string of the molecule is CCn1c(SCc2ccc(SC)cc2)nc2cc(S(N)(=O)=O)ccc21. The fourth-order valence-corrected chi connectivity index (χ4v) is 4.53. The number of imidazole rings is 1. The van der Waals surface area contributed by atoms with Gasteiger partial charge in [-0.2, -0.15) is 0 Å². The zero-order valence-electron chi connectivity index (χ0n) is 14.0. The Bertz CT molecular complexity index is 996. The summed E-state index contributed by atoms with van der Waals surface area (Å²) in [5.74, 6) is 0.806. The molecule has 0 bridgehead atoms. The highest BCUT2D eigenvalue weighted by molar-refractivity contribution is 7.98. The summed E-state index contributed by atoms with van der Waals surface area (Å²) < 4.78 is 25.2. The molecule has 0 fully saturated rings. The Morgan fingerprint density at radius 3 is 2.48 bits per heavy atom. The molecule has 0 aliphatic carbocycles. The van der Waals surface area contributed by atoms with E-state index in [1.165, 1.54) is 22.6 Å². The van der Waals surface area contributed by atoms with Crippen LogP contribution in [0, 0.1) is 0 Å². The molecule has 2 aromatic carbocycles. The van der Waals surface area contributed by atoms with Crippen LogP contribution in [0.3, 0.4) is 0 Å². The van der Waals surface area contributed by atoms with Gasteiger partial charge >= 0.3 is 0 Å². The predicted molar refractivity (Wildman–Crippen MR) is 105 cm³/mol. The Balaban J connectivity index is 1.89. The lowest BCUT2D eigenvalue weighted by Crippen LogP contribution is -2.11. The molecule has 8 heteroatoms. The number of primary sulfonamides is 1. The maximum atomic E-state index is 11.5. The molecular formula is C17H19N3O2S3. The third kappa shape index (κ3) is 4.03. The maximum Gasteiger partial charge on any atom is 0.238 e. The fourth-order valence-electron chi connectivity index (χ4n) is 2.55. The van der Waals surface area contributed by atoms with E-state index >= 15 is 0 Å². The molecule has 0 saturated heterocycles. The number of fused-ring (bicyclic) bond motifs is 1. The first-order chi connectivity index (χ1) is 11.9. The molecule has 0 aliphatic heterocycles. The summed E-state index contributed by atoms with van der Waals surface area (Å²) in [6.07, 6.45) is 2.06. The minimum absolute atomic E-state index is 0.0879. The molecule has 3 rings (SSSR count). The first-order valence-electron chi connectivity index (χ1n) is 7.71. The molecule has 132 valence electrons. The number of hydrogen-bond acceptors (Lipinski definition) is 5. The van der Waals surface area contributed by atoms with Crippen molar-refractivity contribution in [3.8, 4) is 0 Å². The number of nitrogens with zero attached hydrogens (tertiary/aromatic N) is 2. The van der Waals surface area contributed by atoms with E-state index in [2.05, 4.69) is 40.1 Å². The van der Waals surface area contributed by atoms with Crippen molar-refractivity contribution in [3.05, 3.63) is 48.0 Å². The second kappa shape index (κ2) is 7.41. The molecule has 0 unspecified atom stereocenters. The Morgan fingerprint density at radius 2 is 1.88 bits per heavy atom. The number of benzene rings is 2. The van der Waals surface area contributed by atoms with Crippen LogP contribution < -0.4 is 5.14 Å². The Labute approximate surface area is 156 Å². The van der Waals surface area contributed by atoms with E-state index in [1.54, 1.807) is 29.6 Å². The van der Waals surface area contributed by atoms with Gasteiger partial charge in [0.25, 0.3) is 0 Å². The molecule has 2 N–H and O–H groups in total. The molecule has 0 amide bonds. The van der Waals surface area contributed by atoms with Crippen LogP contribution in [0.25, 0.3) is 11.0 Å². The largest absolute Gasteiger partial charge is 0.319 e. The lowest BCUT2D eigenvalue weighted by atomic mass is 10.2. The van der Waals surface area contributed by atoms with Gasteiger partial charge in [-0.1, -0.05) is 23.9 Å². The zero-order chi connectivity index (χ0) is 18.0. The average Bonchev–Trinajstić information content (AvgIpc) is 2.96. The van der Waals surface area contributed by atoms with Crippen molar-refractivity contribution in [1.82, 2.24) is 9.55 Å². The van der Waals surface area contributed by atoms with E-state index < -0.39 is 10.0 Å². The van der Waals surface area contributed by atoms with E-state index in [1.807, 2.05) is 6.92 Å². The summed E-state index contributed by atoms with van der Waals surface area (Å²) in [4.78, 5) is 5.94. The molecular weight excluding hydrogens is 374 g/mol. The second-order valence-electron chi connectivity index (χ2n) is 5.47. The normalized spacial score (nSPS) is 12.0. The van der Waals surface area contributed by atoms with Crippen molar-refractivity contribution in [2.75, 3.05) is 6.26 Å². The number of sulfonamides is 1. The lowest BCUT2D eigenvalue weighted by molar-refractivity contribution is 0.598. The Kier molecular flexibility index (Phi) is 5.43. The third-order valence-electron chi connectivity index (χ3n) is 3.86. The Hall–Kier alpha value is -1.48. The van der Waals surface area contributed by atoms with Crippen LogP contribution in [0.1, 0.15) is 12.5 Å². The molecule has 25 heavy (non-hydrogen) atoms. The molecule has 0 saturated carbocycles. The number of thioether (sulfide) groups is 2. The van der Waals surface area contributed by atoms with E-state index in [-0.39, 0.29) is 4.90 Å². The summed E-state index contributed by atoms with van der Waals surface area (Å²) in [6, 6.07) is 13.3. The smallest absolute Gasteiger partial charge is 0.238 e. The van der Waals surface area contributed by atoms with Gasteiger partial charge in [-0.3, -0.25) is 0 Å². The van der Waals surface area contributed by atoms with Crippen molar-refractivity contribution in [3.63, 3.8) is 0 Å². The van der Waals surface area contributed by atoms with Crippen LogP contribution in [0.2, 0.25) is 0 Å². The van der Waals surface area contributed by atoms with Crippen molar-refractivity contribution in [1.29, 1.82) is 0 Å². The van der Waals surface area contributed by atoms with Crippen molar-refractivity contribution < 1.29 is 8.42 Å². The molecule has 1 aromatic heterocycles. The molecule has 0 radical (unpaired) electrons. The first kappa shape index (κ1) is 18.3. The monoisotopic (exact) mass is 393 g/mol. The summed E-state index contributed by atoms with van der Waals surface area (Å²) in [5.41, 5.74) is 2.78. The Morgan fingerprint density at radius 1 is 1.16 bits per heavy atom. The molecule has 3 aromatic rings. The summed E-state index contributed by atoms with van der Waals surface area (Å²) in [6.45, 7) is 2.81. The number of aryl methyl sites for hydroxylation is 1. The van der Waals surface area contributed by atoms with E-state index in [4.69, 9.17) is 5.14 Å². The molecule has 1 heterocycles. The molecule has 0 aliphatic rings. The van der Waals surface area contributed by atoms with Gasteiger partial charge in [0.1, 0.15) is 0 Å². The van der Waals surface area contributed by atoms with Gasteiger partial charge < -0.3 is 4.57 Å². The van der Waals surface area contributed by atoms with E-state index in [0.717, 1.165) is 23.0 Å². The maximum absolute atomic E-state index is 11.5. The van der Waals surface area contributed by atoms with Crippen LogP contribution >= 0.6 is 23.5 Å². The van der Waals surface area contributed by atoms with Crippen molar-refractivity contribution >= 4 is 44.6 Å². The first-order valence-corrected chi connectivity index (χ1v) is 11.5. The topological polar surface area (TPSA) is 78.0 Å². The second-order valence-corrected chi connectivity index (χ2v) is 8.85. The van der Waals surface area contributed by atoms with Gasteiger partial charge in [0.05, 0.1) is 15.9 Å². The number of nitrogens with two attached hydrogens (primary N) is 1. The van der Waals surface area contributed by atoms with Crippen LogP contribution in [0.4, 0.5) is 0 Å². The van der Waals surface area contributed by atoms with Crippen molar-refractivity contribution in [2.24, 2.45) is 5.14 Å². The fraction of sp³-hybridized carbons (Fsp3) is 0.235. The van der Waals surface area contributed by atoms with Gasteiger partial charge in [-0.25, -0.2) is 18.5 Å². The highest BCUT2D eigenvalue weighted by Gasteiger charge is 2.14. The van der Waals surface area contributed by atoms with Gasteiger partial charge in [0.2, 0.25) is 10.0 Å². The molecule has 0 atom stereocenters. The molecule has 0 spiro atoms. The van der Waals surface area contributed by atoms with Gasteiger partial charge in [0, 0.05) is 17.2 Å². The minimum atomic E-state index is -3.72. The van der Waals surface area contributed by atoms with Crippen LogP contribution in [-0.2, 0) is 22.3 Å². The number of rotatable bonds is 6.